The Kier molecular flexibility index (Phi) is 7.77. The van der Waals surface area contributed by atoms with E-state index in [0.717, 1.165) is 16.9 Å². The van der Waals surface area contributed by atoms with Crippen molar-refractivity contribution in [1.29, 1.82) is 0 Å². The standard InChI is InChI=1S/C26H25ClN4O2S/c1-2-14-30(26(33)16-20-11-8-15-34-20)18-25(32)28-24-17-22(19-9-4-3-5-10-19)29-31(24)23-13-7-6-12-21(23)27/h3-13,15,17H,2,14,16,18H2,1H3,(H,28,32). The predicted molar refractivity (Wildman–Crippen MR) is 138 cm³/mol. The Bertz CT molecular complexity index is 1260. The van der Waals surface area contributed by atoms with E-state index in [4.69, 9.17) is 16.7 Å². The summed E-state index contributed by atoms with van der Waals surface area (Å²) in [6.45, 7) is 2.46. The lowest BCUT2D eigenvalue weighted by atomic mass is 10.1. The minimum absolute atomic E-state index is 0.0353. The number of thiophene rings is 1. The molecule has 174 valence electrons. The zero-order valence-electron chi connectivity index (χ0n) is 18.8. The van der Waals surface area contributed by atoms with Crippen LogP contribution in [-0.4, -0.2) is 39.6 Å². The number of amides is 2. The van der Waals surface area contributed by atoms with E-state index in [1.54, 1.807) is 15.6 Å². The molecule has 4 aromatic rings. The fraction of sp³-hybridized carbons (Fsp3) is 0.192. The zero-order chi connectivity index (χ0) is 23.9. The van der Waals surface area contributed by atoms with Crippen LogP contribution in [0.4, 0.5) is 5.82 Å². The molecule has 0 fully saturated rings. The topological polar surface area (TPSA) is 67.2 Å². The average molecular weight is 493 g/mol. The fourth-order valence-corrected chi connectivity index (χ4v) is 4.53. The molecule has 2 aromatic carbocycles. The lowest BCUT2D eigenvalue weighted by molar-refractivity contribution is -0.134. The second-order valence-electron chi connectivity index (χ2n) is 7.76. The molecule has 0 unspecified atom stereocenters. The van der Waals surface area contributed by atoms with Crippen molar-refractivity contribution in [3.05, 3.63) is 88.1 Å². The van der Waals surface area contributed by atoms with Crippen molar-refractivity contribution in [2.75, 3.05) is 18.4 Å². The predicted octanol–water partition coefficient (Wildman–Crippen LogP) is 5.67. The van der Waals surface area contributed by atoms with E-state index in [1.807, 2.05) is 79.0 Å². The number of anilines is 1. The molecular formula is C26H25ClN4O2S. The Balaban J connectivity index is 1.57. The van der Waals surface area contributed by atoms with Gasteiger partial charge in [0.25, 0.3) is 0 Å². The third kappa shape index (κ3) is 5.73. The van der Waals surface area contributed by atoms with Crippen molar-refractivity contribution in [2.24, 2.45) is 0 Å². The summed E-state index contributed by atoms with van der Waals surface area (Å²) in [5.74, 6) is 0.129. The smallest absolute Gasteiger partial charge is 0.245 e. The van der Waals surface area contributed by atoms with E-state index >= 15 is 0 Å². The van der Waals surface area contributed by atoms with E-state index in [-0.39, 0.29) is 18.4 Å². The van der Waals surface area contributed by atoms with Crippen molar-refractivity contribution in [3.8, 4) is 16.9 Å². The molecule has 2 heterocycles. The molecule has 2 aromatic heterocycles. The minimum atomic E-state index is -0.291. The normalized spacial score (nSPS) is 10.8. The highest BCUT2D eigenvalue weighted by molar-refractivity contribution is 7.10. The van der Waals surface area contributed by atoms with Gasteiger partial charge in [-0.25, -0.2) is 4.68 Å². The molecule has 0 aliphatic carbocycles. The van der Waals surface area contributed by atoms with Crippen LogP contribution in [0.15, 0.2) is 78.2 Å². The molecular weight excluding hydrogens is 468 g/mol. The van der Waals surface area contributed by atoms with Crippen molar-refractivity contribution in [1.82, 2.24) is 14.7 Å². The third-order valence-electron chi connectivity index (χ3n) is 5.21. The van der Waals surface area contributed by atoms with Crippen LogP contribution >= 0.6 is 22.9 Å². The van der Waals surface area contributed by atoms with Crippen molar-refractivity contribution < 1.29 is 9.59 Å². The zero-order valence-corrected chi connectivity index (χ0v) is 20.4. The summed E-state index contributed by atoms with van der Waals surface area (Å²) >= 11 is 7.97. The first-order valence-corrected chi connectivity index (χ1v) is 12.3. The molecule has 6 nitrogen and oxygen atoms in total. The number of nitrogens with one attached hydrogen (secondary N) is 1. The summed E-state index contributed by atoms with van der Waals surface area (Å²) in [4.78, 5) is 28.5. The molecule has 0 aliphatic heterocycles. The second-order valence-corrected chi connectivity index (χ2v) is 9.20. The number of carbonyl (C=O) groups excluding carboxylic acids is 2. The van der Waals surface area contributed by atoms with Gasteiger partial charge in [0.05, 0.1) is 29.4 Å². The van der Waals surface area contributed by atoms with Crippen LogP contribution < -0.4 is 5.32 Å². The number of carbonyl (C=O) groups is 2. The Morgan fingerprint density at radius 1 is 1.06 bits per heavy atom. The summed E-state index contributed by atoms with van der Waals surface area (Å²) in [5.41, 5.74) is 2.28. The lowest BCUT2D eigenvalue weighted by Crippen LogP contribution is -2.39. The van der Waals surface area contributed by atoms with Gasteiger partial charge in [0.15, 0.2) is 0 Å². The molecule has 0 bridgehead atoms. The summed E-state index contributed by atoms with van der Waals surface area (Å²) in [7, 11) is 0. The van der Waals surface area contributed by atoms with Gasteiger partial charge in [0, 0.05) is 23.1 Å². The third-order valence-corrected chi connectivity index (χ3v) is 6.41. The molecule has 0 saturated heterocycles. The van der Waals surface area contributed by atoms with Crippen LogP contribution in [0.3, 0.4) is 0 Å². The maximum absolute atomic E-state index is 13.0. The summed E-state index contributed by atoms with van der Waals surface area (Å²) in [6.07, 6.45) is 1.06. The molecule has 0 aliphatic rings. The van der Waals surface area contributed by atoms with Gasteiger partial charge in [-0.1, -0.05) is 67.1 Å². The first-order valence-electron chi connectivity index (χ1n) is 11.1. The molecule has 0 spiro atoms. The lowest BCUT2D eigenvalue weighted by Gasteiger charge is -2.21. The largest absolute Gasteiger partial charge is 0.333 e. The molecule has 34 heavy (non-hydrogen) atoms. The highest BCUT2D eigenvalue weighted by Gasteiger charge is 2.20. The average Bonchev–Trinajstić information content (AvgIpc) is 3.50. The van der Waals surface area contributed by atoms with Gasteiger partial charge in [-0.2, -0.15) is 5.10 Å². The van der Waals surface area contributed by atoms with Gasteiger partial charge < -0.3 is 10.2 Å². The summed E-state index contributed by atoms with van der Waals surface area (Å²) in [5, 5.41) is 10.1. The van der Waals surface area contributed by atoms with Crippen molar-refractivity contribution in [2.45, 2.75) is 19.8 Å². The maximum Gasteiger partial charge on any atom is 0.245 e. The highest BCUT2D eigenvalue weighted by atomic mass is 35.5. The van der Waals surface area contributed by atoms with Gasteiger partial charge in [-0.05, 0) is 30.0 Å². The van der Waals surface area contributed by atoms with E-state index in [2.05, 4.69) is 5.32 Å². The second kappa shape index (κ2) is 11.1. The number of aromatic nitrogens is 2. The Morgan fingerprint density at radius 3 is 2.53 bits per heavy atom. The monoisotopic (exact) mass is 492 g/mol. The molecule has 2 amide bonds. The number of halogens is 1. The van der Waals surface area contributed by atoms with Gasteiger partial charge in [-0.3, -0.25) is 9.59 Å². The quantitative estimate of drug-likeness (QED) is 0.327. The maximum atomic E-state index is 13.0. The van der Waals surface area contributed by atoms with Crippen LogP contribution in [0.5, 0.6) is 0 Å². The minimum Gasteiger partial charge on any atom is -0.333 e. The molecule has 8 heteroatoms. The van der Waals surface area contributed by atoms with Gasteiger partial charge >= 0.3 is 0 Å². The first-order chi connectivity index (χ1) is 16.5. The van der Waals surface area contributed by atoms with Crippen molar-refractivity contribution >= 4 is 40.6 Å². The molecule has 0 atom stereocenters. The highest BCUT2D eigenvalue weighted by Crippen LogP contribution is 2.28. The molecule has 0 radical (unpaired) electrons. The molecule has 4 rings (SSSR count). The van der Waals surface area contributed by atoms with Crippen LogP contribution in [-0.2, 0) is 16.0 Å². The number of benzene rings is 2. The fourth-order valence-electron chi connectivity index (χ4n) is 3.62. The van der Waals surface area contributed by atoms with Crippen LogP contribution in [0.2, 0.25) is 5.02 Å². The summed E-state index contributed by atoms with van der Waals surface area (Å²) in [6, 6.07) is 22.7. The number of para-hydroxylation sites is 1. The van der Waals surface area contributed by atoms with Crippen molar-refractivity contribution in [3.63, 3.8) is 0 Å². The summed E-state index contributed by atoms with van der Waals surface area (Å²) < 4.78 is 1.63. The van der Waals surface area contributed by atoms with Gasteiger partial charge in [-0.15, -0.1) is 11.3 Å². The Morgan fingerprint density at radius 2 is 1.82 bits per heavy atom. The van der Waals surface area contributed by atoms with E-state index in [9.17, 15) is 9.59 Å². The van der Waals surface area contributed by atoms with Gasteiger partial charge in [0.1, 0.15) is 5.82 Å². The Labute approximate surface area is 207 Å². The van der Waals surface area contributed by atoms with Crippen LogP contribution in [0, 0.1) is 0 Å². The first kappa shape index (κ1) is 23.7. The SMILES string of the molecule is CCCN(CC(=O)Nc1cc(-c2ccccc2)nn1-c1ccccc1Cl)C(=O)Cc1cccs1. The number of hydrogen-bond acceptors (Lipinski definition) is 4. The number of hydrogen-bond donors (Lipinski definition) is 1. The number of nitrogens with zero attached hydrogens (tertiary/aromatic N) is 3. The van der Waals surface area contributed by atoms with Crippen LogP contribution in [0.25, 0.3) is 16.9 Å². The number of rotatable bonds is 9. The molecule has 0 saturated carbocycles. The van der Waals surface area contributed by atoms with Crippen LogP contribution in [0.1, 0.15) is 18.2 Å². The van der Waals surface area contributed by atoms with Gasteiger partial charge in [0.2, 0.25) is 11.8 Å². The van der Waals surface area contributed by atoms with E-state index in [0.29, 0.717) is 35.2 Å². The molecule has 1 N–H and O–H groups in total. The Hall–Kier alpha value is -3.42. The van der Waals surface area contributed by atoms with E-state index < -0.39 is 0 Å². The van der Waals surface area contributed by atoms with E-state index in [1.165, 1.54) is 11.3 Å².